The summed E-state index contributed by atoms with van der Waals surface area (Å²) in [6.07, 6.45) is 0. The lowest BCUT2D eigenvalue weighted by atomic mass is 10.2. The summed E-state index contributed by atoms with van der Waals surface area (Å²) in [5, 5.41) is 2.11. The Morgan fingerprint density at radius 3 is 2.92 bits per heavy atom. The number of thiophene rings is 1. The van der Waals surface area contributed by atoms with E-state index in [1.807, 2.05) is 11.8 Å². The predicted molar refractivity (Wildman–Crippen MR) is 59.0 cm³/mol. The predicted octanol–water partition coefficient (Wildman–Crippen LogP) is 2.81. The molecule has 1 nitrogen and oxygen atoms in total. The molecule has 3 heteroatoms. The van der Waals surface area contributed by atoms with Gasteiger partial charge in [0.2, 0.25) is 0 Å². The first-order valence-corrected chi connectivity index (χ1v) is 6.16. The van der Waals surface area contributed by atoms with Crippen LogP contribution in [0.25, 0.3) is 0 Å². The molecule has 0 aliphatic carbocycles. The highest BCUT2D eigenvalue weighted by Crippen LogP contribution is 2.24. The van der Waals surface area contributed by atoms with Gasteiger partial charge in [-0.1, -0.05) is 6.92 Å². The van der Waals surface area contributed by atoms with Gasteiger partial charge in [-0.2, -0.15) is 11.8 Å². The molecule has 0 fully saturated rings. The summed E-state index contributed by atoms with van der Waals surface area (Å²) in [7, 11) is 0. The summed E-state index contributed by atoms with van der Waals surface area (Å²) < 4.78 is 0. The van der Waals surface area contributed by atoms with Gasteiger partial charge in [0.05, 0.1) is 0 Å². The molecule has 1 rings (SSSR count). The summed E-state index contributed by atoms with van der Waals surface area (Å²) in [6, 6.07) is 2.37. The quantitative estimate of drug-likeness (QED) is 0.810. The van der Waals surface area contributed by atoms with Crippen molar-refractivity contribution in [2.24, 2.45) is 5.73 Å². The van der Waals surface area contributed by atoms with E-state index in [4.69, 9.17) is 5.73 Å². The largest absolute Gasteiger partial charge is 0.323 e. The van der Waals surface area contributed by atoms with Gasteiger partial charge in [-0.15, -0.1) is 11.3 Å². The van der Waals surface area contributed by atoms with Crippen LogP contribution in [0.4, 0.5) is 0 Å². The van der Waals surface area contributed by atoms with Gasteiger partial charge in [-0.05, 0) is 29.7 Å². The van der Waals surface area contributed by atoms with E-state index in [-0.39, 0.29) is 6.04 Å². The van der Waals surface area contributed by atoms with Crippen molar-refractivity contribution in [1.29, 1.82) is 0 Å². The zero-order chi connectivity index (χ0) is 8.97. The SMILES string of the molecule is CCSCC(N)c1sccc1C. The lowest BCUT2D eigenvalue weighted by Crippen LogP contribution is -2.12. The minimum absolute atomic E-state index is 0.231. The number of rotatable bonds is 4. The van der Waals surface area contributed by atoms with Crippen LogP contribution in [0.15, 0.2) is 11.4 Å². The Kier molecular flexibility index (Phi) is 4.12. The van der Waals surface area contributed by atoms with Crippen molar-refractivity contribution in [3.63, 3.8) is 0 Å². The number of thioether (sulfide) groups is 1. The van der Waals surface area contributed by atoms with Gasteiger partial charge in [0.25, 0.3) is 0 Å². The normalized spacial score (nSPS) is 13.2. The summed E-state index contributed by atoms with van der Waals surface area (Å²) in [5.74, 6) is 2.19. The Balaban J connectivity index is 2.52. The van der Waals surface area contributed by atoms with Crippen molar-refractivity contribution >= 4 is 23.1 Å². The first-order valence-electron chi connectivity index (χ1n) is 4.13. The molecule has 0 radical (unpaired) electrons. The van der Waals surface area contributed by atoms with Crippen molar-refractivity contribution < 1.29 is 0 Å². The van der Waals surface area contributed by atoms with Crippen LogP contribution in [0.3, 0.4) is 0 Å². The Bertz CT molecular complexity index is 232. The van der Waals surface area contributed by atoms with E-state index < -0.39 is 0 Å². The van der Waals surface area contributed by atoms with Gasteiger partial charge in [-0.25, -0.2) is 0 Å². The van der Waals surface area contributed by atoms with Gasteiger partial charge in [0.15, 0.2) is 0 Å². The van der Waals surface area contributed by atoms with Gasteiger partial charge < -0.3 is 5.73 Å². The molecule has 1 aromatic rings. The maximum absolute atomic E-state index is 6.02. The van der Waals surface area contributed by atoms with Crippen LogP contribution in [-0.2, 0) is 0 Å². The van der Waals surface area contributed by atoms with E-state index in [1.54, 1.807) is 11.3 Å². The molecule has 0 saturated carbocycles. The lowest BCUT2D eigenvalue weighted by Gasteiger charge is -2.09. The van der Waals surface area contributed by atoms with E-state index in [0.717, 1.165) is 11.5 Å². The van der Waals surface area contributed by atoms with E-state index in [2.05, 4.69) is 25.3 Å². The topological polar surface area (TPSA) is 26.0 Å². The molecule has 0 spiro atoms. The molecule has 0 aliphatic rings. The molecule has 1 heterocycles. The maximum atomic E-state index is 6.02. The fourth-order valence-electron chi connectivity index (χ4n) is 1.08. The molecule has 1 aromatic heterocycles. The third kappa shape index (κ3) is 2.51. The second-order valence-electron chi connectivity index (χ2n) is 2.73. The molecule has 0 bridgehead atoms. The molecule has 12 heavy (non-hydrogen) atoms. The van der Waals surface area contributed by atoms with Crippen molar-refractivity contribution in [2.75, 3.05) is 11.5 Å². The summed E-state index contributed by atoms with van der Waals surface area (Å²) in [4.78, 5) is 1.34. The monoisotopic (exact) mass is 201 g/mol. The average molecular weight is 201 g/mol. The molecule has 68 valence electrons. The fraction of sp³-hybridized carbons (Fsp3) is 0.556. The van der Waals surface area contributed by atoms with E-state index in [9.17, 15) is 0 Å². The molecule has 0 amide bonds. The first-order chi connectivity index (χ1) is 5.75. The number of hydrogen-bond acceptors (Lipinski definition) is 3. The minimum Gasteiger partial charge on any atom is -0.323 e. The molecular formula is C9H15NS2. The molecule has 0 aromatic carbocycles. The Hall–Kier alpha value is 0.0100. The van der Waals surface area contributed by atoms with Gasteiger partial charge in [0.1, 0.15) is 0 Å². The van der Waals surface area contributed by atoms with Crippen LogP contribution in [0, 0.1) is 6.92 Å². The molecule has 0 saturated heterocycles. The van der Waals surface area contributed by atoms with Crippen molar-refractivity contribution in [3.05, 3.63) is 21.9 Å². The fourth-order valence-corrected chi connectivity index (χ4v) is 2.78. The second-order valence-corrected chi connectivity index (χ2v) is 5.00. The summed E-state index contributed by atoms with van der Waals surface area (Å²) in [6.45, 7) is 4.29. The Morgan fingerprint density at radius 2 is 2.42 bits per heavy atom. The molecular weight excluding hydrogens is 186 g/mol. The summed E-state index contributed by atoms with van der Waals surface area (Å²) >= 11 is 3.67. The van der Waals surface area contributed by atoms with Crippen LogP contribution < -0.4 is 5.73 Å². The van der Waals surface area contributed by atoms with Crippen molar-refractivity contribution in [1.82, 2.24) is 0 Å². The first kappa shape index (κ1) is 10.1. The van der Waals surface area contributed by atoms with Crippen LogP contribution in [0.1, 0.15) is 23.4 Å². The van der Waals surface area contributed by atoms with Gasteiger partial charge in [0, 0.05) is 16.7 Å². The molecule has 1 unspecified atom stereocenters. The highest BCUT2D eigenvalue weighted by atomic mass is 32.2. The van der Waals surface area contributed by atoms with E-state index >= 15 is 0 Å². The molecule has 2 N–H and O–H groups in total. The van der Waals surface area contributed by atoms with E-state index in [1.165, 1.54) is 10.4 Å². The van der Waals surface area contributed by atoms with Crippen molar-refractivity contribution in [3.8, 4) is 0 Å². The van der Waals surface area contributed by atoms with Crippen LogP contribution in [0.5, 0.6) is 0 Å². The average Bonchev–Trinajstić information content (AvgIpc) is 2.47. The zero-order valence-electron chi connectivity index (χ0n) is 7.54. The van der Waals surface area contributed by atoms with Gasteiger partial charge in [-0.3, -0.25) is 0 Å². The third-order valence-electron chi connectivity index (χ3n) is 1.74. The Morgan fingerprint density at radius 1 is 1.67 bits per heavy atom. The third-order valence-corrected chi connectivity index (χ3v) is 3.89. The van der Waals surface area contributed by atoms with Gasteiger partial charge >= 0.3 is 0 Å². The maximum Gasteiger partial charge on any atom is 0.0484 e. The van der Waals surface area contributed by atoms with Crippen LogP contribution in [0.2, 0.25) is 0 Å². The van der Waals surface area contributed by atoms with Crippen LogP contribution >= 0.6 is 23.1 Å². The highest BCUT2D eigenvalue weighted by Gasteiger charge is 2.09. The molecule has 1 atom stereocenters. The number of aryl methyl sites for hydroxylation is 1. The second kappa shape index (κ2) is 4.90. The van der Waals surface area contributed by atoms with Crippen LogP contribution in [-0.4, -0.2) is 11.5 Å². The van der Waals surface area contributed by atoms with E-state index in [0.29, 0.717) is 0 Å². The summed E-state index contributed by atoms with van der Waals surface area (Å²) in [5.41, 5.74) is 7.35. The molecule has 0 aliphatic heterocycles. The lowest BCUT2D eigenvalue weighted by molar-refractivity contribution is 0.845. The van der Waals surface area contributed by atoms with Crippen molar-refractivity contribution in [2.45, 2.75) is 19.9 Å². The zero-order valence-corrected chi connectivity index (χ0v) is 9.17. The number of hydrogen-bond donors (Lipinski definition) is 1. The number of nitrogens with two attached hydrogens (primary N) is 1. The smallest absolute Gasteiger partial charge is 0.0484 e. The standard InChI is InChI=1S/C9H15NS2/c1-3-11-6-8(10)9-7(2)4-5-12-9/h4-5,8H,3,6,10H2,1-2H3. The Labute approximate surface area is 82.4 Å². The minimum atomic E-state index is 0.231. The highest BCUT2D eigenvalue weighted by molar-refractivity contribution is 7.99.